The second kappa shape index (κ2) is 17.1. The summed E-state index contributed by atoms with van der Waals surface area (Å²) < 4.78 is 118. The zero-order valence-electron chi connectivity index (χ0n) is 21.5. The van der Waals surface area contributed by atoms with E-state index in [0.717, 1.165) is 10.7 Å². The largest absolute Gasteiger partial charge is 1.00 e. The first kappa shape index (κ1) is 38.5. The maximum absolute atomic E-state index is 11.4. The quantitative estimate of drug-likeness (QED) is 0.215. The fraction of sp³-hybridized carbons (Fsp3) is 0.700. The van der Waals surface area contributed by atoms with Crippen molar-refractivity contribution in [1.29, 1.82) is 0 Å². The van der Waals surface area contributed by atoms with Gasteiger partial charge in [0.25, 0.3) is 0 Å². The van der Waals surface area contributed by atoms with Gasteiger partial charge < -0.3 is 21.1 Å². The fourth-order valence-corrected chi connectivity index (χ4v) is 4.25. The molecule has 0 saturated heterocycles. The molecule has 0 aliphatic carbocycles. The molecule has 0 atom stereocenters. The minimum atomic E-state index is -6.72. The number of nitrogens with zero attached hydrogens (tertiary/aromatic N) is 5. The number of hydrogen-bond donors (Lipinski definition) is 0. The van der Waals surface area contributed by atoms with E-state index in [1.165, 1.54) is 45.1 Å². The predicted octanol–water partition coefficient (Wildman–Crippen LogP) is 1.07. The number of unbranched alkanes of at least 4 members (excludes halogenated alkanes) is 4. The van der Waals surface area contributed by atoms with Gasteiger partial charge in [-0.05, 0) is 19.3 Å². The zero-order chi connectivity index (χ0) is 28.9. The van der Waals surface area contributed by atoms with E-state index in [9.17, 15) is 43.2 Å². The van der Waals surface area contributed by atoms with Gasteiger partial charge in [-0.25, -0.2) is 35.1 Å². The van der Waals surface area contributed by atoms with Crippen LogP contribution in [0.3, 0.4) is 0 Å². The number of aromatic nitrogens is 4. The molecule has 0 radical (unpaired) electrons. The summed E-state index contributed by atoms with van der Waals surface area (Å²) in [5, 5.41) is 0. The Morgan fingerprint density at radius 1 is 0.684 bits per heavy atom. The molecule has 0 aliphatic rings. The van der Waals surface area contributed by atoms with Crippen LogP contribution in [0.5, 0.6) is 0 Å². The van der Waals surface area contributed by atoms with Crippen molar-refractivity contribution >= 4 is 20.0 Å². The van der Waals surface area contributed by atoms with E-state index in [-0.39, 0.29) is 17.0 Å². The molecule has 0 bridgehead atoms. The SMILES string of the molecule is CCCCCCn1cc[n+](C)c1.CCCCn1cc[n+](C)c1.O=S(=O)([N-]S(=O)(=O)C(F)(F)F)C(F)(F)F.[Br-]. The number of aryl methyl sites for hydroxylation is 4. The third-order valence-corrected chi connectivity index (χ3v) is 7.21. The van der Waals surface area contributed by atoms with Crippen LogP contribution in [0.1, 0.15) is 52.4 Å². The van der Waals surface area contributed by atoms with Crippen LogP contribution in [0.15, 0.2) is 37.4 Å². The molecule has 2 aromatic rings. The molecule has 0 aromatic carbocycles. The summed E-state index contributed by atoms with van der Waals surface area (Å²) in [7, 11) is -9.34. The lowest BCUT2D eigenvalue weighted by Gasteiger charge is -2.22. The summed E-state index contributed by atoms with van der Waals surface area (Å²) in [4.78, 5) is 0. The first-order chi connectivity index (χ1) is 16.9. The second-order valence-corrected chi connectivity index (χ2v) is 11.4. The van der Waals surface area contributed by atoms with Crippen LogP contribution < -0.4 is 26.1 Å². The topological polar surface area (TPSA) is 100 Å². The van der Waals surface area contributed by atoms with Gasteiger partial charge in [-0.15, -0.1) is 0 Å². The summed E-state index contributed by atoms with van der Waals surface area (Å²) >= 11 is 0. The summed E-state index contributed by atoms with van der Waals surface area (Å²) in [6.45, 7) is 6.78. The van der Waals surface area contributed by atoms with Crippen molar-refractivity contribution in [3.8, 4) is 0 Å². The van der Waals surface area contributed by atoms with E-state index in [1.54, 1.807) is 0 Å². The van der Waals surface area contributed by atoms with Gasteiger partial charge in [-0.1, -0.05) is 33.1 Å². The Labute approximate surface area is 230 Å². The van der Waals surface area contributed by atoms with Crippen LogP contribution in [0.4, 0.5) is 26.3 Å². The molecule has 0 fully saturated rings. The molecule has 224 valence electrons. The first-order valence-corrected chi connectivity index (χ1v) is 14.1. The molecular formula is C20H34BrF6N5O4S2. The Bertz CT molecular complexity index is 1090. The van der Waals surface area contributed by atoms with E-state index in [0.29, 0.717) is 0 Å². The summed E-state index contributed by atoms with van der Waals surface area (Å²) in [5.41, 5.74) is -12.4. The Morgan fingerprint density at radius 2 is 1.05 bits per heavy atom. The van der Waals surface area contributed by atoms with Gasteiger partial charge in [0.1, 0.15) is 24.8 Å². The summed E-state index contributed by atoms with van der Waals surface area (Å²) in [6.07, 6.45) is 20.5. The summed E-state index contributed by atoms with van der Waals surface area (Å²) in [6, 6.07) is 0. The van der Waals surface area contributed by atoms with E-state index < -0.39 is 31.1 Å². The monoisotopic (exact) mass is 665 g/mol. The van der Waals surface area contributed by atoms with Crippen molar-refractivity contribution < 1.29 is 69.3 Å². The van der Waals surface area contributed by atoms with Crippen molar-refractivity contribution in [2.75, 3.05) is 0 Å². The Balaban J connectivity index is 0. The number of halogens is 7. The van der Waals surface area contributed by atoms with Crippen LogP contribution in [0.2, 0.25) is 0 Å². The fourth-order valence-electron chi connectivity index (χ4n) is 2.54. The zero-order valence-corrected chi connectivity index (χ0v) is 24.7. The van der Waals surface area contributed by atoms with E-state index in [4.69, 9.17) is 0 Å². The molecule has 0 aliphatic heterocycles. The first-order valence-electron chi connectivity index (χ1n) is 11.2. The number of sulfonamides is 2. The molecule has 0 amide bonds. The third-order valence-electron chi connectivity index (χ3n) is 4.47. The molecule has 0 spiro atoms. The molecule has 38 heavy (non-hydrogen) atoms. The van der Waals surface area contributed by atoms with Crippen molar-refractivity contribution in [2.45, 2.75) is 76.5 Å². The van der Waals surface area contributed by atoms with Gasteiger partial charge in [-0.3, -0.25) is 0 Å². The van der Waals surface area contributed by atoms with Gasteiger partial charge in [0.05, 0.1) is 27.2 Å². The third kappa shape index (κ3) is 15.1. The Kier molecular flexibility index (Phi) is 17.3. The average Bonchev–Trinajstić information content (AvgIpc) is 3.36. The van der Waals surface area contributed by atoms with Gasteiger partial charge in [0.15, 0.2) is 20.0 Å². The minimum absolute atomic E-state index is 0. The van der Waals surface area contributed by atoms with Crippen LogP contribution in [-0.2, 0) is 47.2 Å². The number of imidazole rings is 2. The predicted molar refractivity (Wildman–Crippen MR) is 124 cm³/mol. The number of rotatable bonds is 10. The van der Waals surface area contributed by atoms with Crippen molar-refractivity contribution in [3.63, 3.8) is 0 Å². The average molecular weight is 667 g/mol. The molecule has 18 heteroatoms. The normalized spacial score (nSPS) is 12.1. The van der Waals surface area contributed by atoms with Crippen LogP contribution in [-0.4, -0.2) is 37.0 Å². The van der Waals surface area contributed by atoms with Crippen LogP contribution in [0, 0.1) is 0 Å². The minimum Gasteiger partial charge on any atom is -1.00 e. The number of hydrogen-bond acceptors (Lipinski definition) is 4. The highest BCUT2D eigenvalue weighted by Crippen LogP contribution is 2.36. The van der Waals surface area contributed by atoms with Crippen molar-refractivity contribution in [2.24, 2.45) is 14.1 Å². The Morgan fingerprint density at radius 3 is 1.34 bits per heavy atom. The van der Waals surface area contributed by atoms with Crippen molar-refractivity contribution in [3.05, 3.63) is 41.6 Å². The van der Waals surface area contributed by atoms with Gasteiger partial charge in [0, 0.05) is 0 Å². The molecule has 0 unspecified atom stereocenters. The van der Waals surface area contributed by atoms with Crippen molar-refractivity contribution in [1.82, 2.24) is 9.13 Å². The van der Waals surface area contributed by atoms with Crippen LogP contribution in [0.25, 0.3) is 4.13 Å². The maximum atomic E-state index is 11.4. The molecular weight excluding hydrogens is 632 g/mol. The maximum Gasteiger partial charge on any atom is 0.480 e. The lowest BCUT2D eigenvalue weighted by molar-refractivity contribution is -0.671. The molecule has 2 aromatic heterocycles. The van der Waals surface area contributed by atoms with E-state index in [1.807, 2.05) is 7.05 Å². The van der Waals surface area contributed by atoms with E-state index in [2.05, 4.69) is 76.6 Å². The smallest absolute Gasteiger partial charge is 0.480 e. The van der Waals surface area contributed by atoms with Gasteiger partial charge in [0.2, 0.25) is 12.7 Å². The molecule has 2 rings (SSSR count). The lowest BCUT2D eigenvalue weighted by atomic mass is 10.2. The highest BCUT2D eigenvalue weighted by Gasteiger charge is 2.46. The standard InChI is InChI=1S/C10H19N2.C8H15N2.C2F6NO4S2.BrH/c1-3-4-5-6-7-12-9-8-11(2)10-12;1-3-4-5-10-7-6-9(2)8-10;3-1(4,5)14(10,11)9-15(12,13)2(6,7)8;/h8-10H,3-7H2,1-2H3;6-8H,3-5H2,1-2H3;;1H/q2*+1;-1;/p-1. The van der Waals surface area contributed by atoms with Gasteiger partial charge >= 0.3 is 11.0 Å². The molecule has 9 nitrogen and oxygen atoms in total. The number of alkyl halides is 6. The second-order valence-electron chi connectivity index (χ2n) is 7.96. The van der Waals surface area contributed by atoms with E-state index >= 15 is 0 Å². The molecule has 0 N–H and O–H groups in total. The highest BCUT2D eigenvalue weighted by molar-refractivity contribution is 8.13. The summed E-state index contributed by atoms with van der Waals surface area (Å²) in [5.74, 6) is 0. The molecule has 0 saturated carbocycles. The highest BCUT2D eigenvalue weighted by atomic mass is 79.9. The Hall–Kier alpha value is -1.66. The van der Waals surface area contributed by atoms with Crippen LogP contribution >= 0.6 is 0 Å². The molecule has 2 heterocycles. The van der Waals surface area contributed by atoms with Gasteiger partial charge in [-0.2, -0.15) is 26.3 Å². The lowest BCUT2D eigenvalue weighted by Crippen LogP contribution is -3.00.